The van der Waals surface area contributed by atoms with Crippen LogP contribution >= 0.6 is 11.3 Å². The summed E-state index contributed by atoms with van der Waals surface area (Å²) < 4.78 is 21.6. The van der Waals surface area contributed by atoms with Gasteiger partial charge in [-0.1, -0.05) is 6.07 Å². The Bertz CT molecular complexity index is 1180. The molecule has 0 aliphatic heterocycles. The summed E-state index contributed by atoms with van der Waals surface area (Å²) in [5.41, 5.74) is 5.84. The number of hydrogen-bond donors (Lipinski definition) is 2. The first-order valence-corrected chi connectivity index (χ1v) is 10.8. The largest absolute Gasteiger partial charge is 0.497 e. The van der Waals surface area contributed by atoms with Crippen LogP contribution in [0, 0.1) is 6.92 Å². The number of primary amides is 1. The summed E-state index contributed by atoms with van der Waals surface area (Å²) in [6.07, 6.45) is -0.380. The highest BCUT2D eigenvalue weighted by Gasteiger charge is 2.27. The van der Waals surface area contributed by atoms with Crippen LogP contribution in [0.1, 0.15) is 55.8 Å². The van der Waals surface area contributed by atoms with Crippen LogP contribution in [0.2, 0.25) is 0 Å². The van der Waals surface area contributed by atoms with Gasteiger partial charge in [0.15, 0.2) is 5.76 Å². The highest BCUT2D eigenvalue weighted by molar-refractivity contribution is 7.18. The molecule has 2 amide bonds. The van der Waals surface area contributed by atoms with Crippen LogP contribution in [-0.4, -0.2) is 31.0 Å². The van der Waals surface area contributed by atoms with Crippen molar-refractivity contribution in [3.05, 3.63) is 63.9 Å². The normalized spacial score (nSPS) is 10.7. The van der Waals surface area contributed by atoms with Crippen molar-refractivity contribution in [3.8, 4) is 11.5 Å². The molecule has 0 aliphatic rings. The lowest BCUT2D eigenvalue weighted by Gasteiger charge is -2.10. The van der Waals surface area contributed by atoms with Crippen LogP contribution in [0.15, 0.2) is 40.8 Å². The topological polar surface area (TPSA) is 130 Å². The monoisotopic (exact) mass is 472 g/mol. The summed E-state index contributed by atoms with van der Waals surface area (Å²) in [7, 11) is 1.56. The number of benzene rings is 1. The van der Waals surface area contributed by atoms with E-state index in [4.69, 9.17) is 24.4 Å². The third kappa shape index (κ3) is 5.72. The molecule has 0 radical (unpaired) electrons. The SMILES string of the molecule is COc1cccc(OCc2ccc(C(=O)Nc3sc(C(N)=O)c(C)c3C(=O)OC(C)C)o2)c1. The van der Waals surface area contributed by atoms with Gasteiger partial charge in [-0.15, -0.1) is 11.3 Å². The van der Waals surface area contributed by atoms with Gasteiger partial charge in [0.25, 0.3) is 11.8 Å². The molecule has 1 aromatic carbocycles. The Morgan fingerprint density at radius 3 is 2.55 bits per heavy atom. The molecule has 0 atom stereocenters. The van der Waals surface area contributed by atoms with Crippen molar-refractivity contribution in [2.24, 2.45) is 5.73 Å². The smallest absolute Gasteiger partial charge is 0.341 e. The van der Waals surface area contributed by atoms with Crippen LogP contribution in [-0.2, 0) is 11.3 Å². The summed E-state index contributed by atoms with van der Waals surface area (Å²) in [5, 5.41) is 2.77. The summed E-state index contributed by atoms with van der Waals surface area (Å²) in [6, 6.07) is 10.2. The zero-order chi connectivity index (χ0) is 24.1. The van der Waals surface area contributed by atoms with Gasteiger partial charge in [-0.2, -0.15) is 0 Å². The van der Waals surface area contributed by atoms with E-state index in [0.29, 0.717) is 22.8 Å². The molecule has 0 spiro atoms. The number of carbonyl (C=O) groups excluding carboxylic acids is 3. The molecule has 2 aromatic heterocycles. The van der Waals surface area contributed by atoms with Gasteiger partial charge in [-0.3, -0.25) is 9.59 Å². The first kappa shape index (κ1) is 23.9. The highest BCUT2D eigenvalue weighted by atomic mass is 32.1. The van der Waals surface area contributed by atoms with Gasteiger partial charge >= 0.3 is 5.97 Å². The molecule has 0 saturated carbocycles. The molecule has 9 nitrogen and oxygen atoms in total. The van der Waals surface area contributed by atoms with Crippen LogP contribution in [0.25, 0.3) is 0 Å². The van der Waals surface area contributed by atoms with Crippen molar-refractivity contribution in [3.63, 3.8) is 0 Å². The van der Waals surface area contributed by atoms with Gasteiger partial charge in [0.1, 0.15) is 28.9 Å². The molecule has 0 bridgehead atoms. The zero-order valence-corrected chi connectivity index (χ0v) is 19.4. The molecule has 174 valence electrons. The average molecular weight is 473 g/mol. The Morgan fingerprint density at radius 2 is 1.88 bits per heavy atom. The van der Waals surface area contributed by atoms with E-state index in [-0.39, 0.29) is 33.9 Å². The minimum Gasteiger partial charge on any atom is -0.497 e. The number of ether oxygens (including phenoxy) is 3. The average Bonchev–Trinajstić information content (AvgIpc) is 3.36. The van der Waals surface area contributed by atoms with Crippen LogP contribution in [0.4, 0.5) is 5.00 Å². The molecule has 2 heterocycles. The van der Waals surface area contributed by atoms with Crippen molar-refractivity contribution in [1.82, 2.24) is 0 Å². The van der Waals surface area contributed by atoms with Crippen molar-refractivity contribution < 1.29 is 33.0 Å². The van der Waals surface area contributed by atoms with E-state index in [1.54, 1.807) is 58.2 Å². The fraction of sp³-hybridized carbons (Fsp3) is 0.261. The lowest BCUT2D eigenvalue weighted by atomic mass is 10.1. The Kier molecular flexibility index (Phi) is 7.39. The standard InChI is InChI=1S/C23H24N2O7S/c1-12(2)31-23(28)18-13(3)19(20(24)26)33-22(18)25-21(27)17-9-8-16(32-17)11-30-15-7-5-6-14(10-15)29-4/h5-10,12H,11H2,1-4H3,(H2,24,26)(H,25,27). The molecule has 3 N–H and O–H groups in total. The summed E-state index contributed by atoms with van der Waals surface area (Å²) in [5.74, 6) is -0.298. The summed E-state index contributed by atoms with van der Waals surface area (Å²) >= 11 is 0.905. The number of anilines is 1. The predicted molar refractivity (Wildman–Crippen MR) is 122 cm³/mol. The van der Waals surface area contributed by atoms with E-state index in [2.05, 4.69) is 5.32 Å². The second kappa shape index (κ2) is 10.2. The first-order chi connectivity index (χ1) is 15.7. The van der Waals surface area contributed by atoms with E-state index < -0.39 is 17.8 Å². The molecule has 0 saturated heterocycles. The molecular formula is C23H24N2O7S. The van der Waals surface area contributed by atoms with Crippen molar-refractivity contribution in [2.75, 3.05) is 12.4 Å². The predicted octanol–water partition coefficient (Wildman–Crippen LogP) is 4.15. The lowest BCUT2D eigenvalue weighted by molar-refractivity contribution is 0.0379. The fourth-order valence-corrected chi connectivity index (χ4v) is 3.99. The maximum atomic E-state index is 12.7. The van der Waals surface area contributed by atoms with Crippen molar-refractivity contribution >= 4 is 34.1 Å². The Hall–Kier alpha value is -3.79. The number of esters is 1. The maximum Gasteiger partial charge on any atom is 0.341 e. The minimum absolute atomic E-state index is 0.00842. The summed E-state index contributed by atoms with van der Waals surface area (Å²) in [6.45, 7) is 5.07. The Balaban J connectivity index is 1.75. The van der Waals surface area contributed by atoms with Crippen molar-refractivity contribution in [2.45, 2.75) is 33.5 Å². The number of nitrogens with two attached hydrogens (primary N) is 1. The second-order valence-electron chi connectivity index (χ2n) is 7.27. The van der Waals surface area contributed by atoms with Gasteiger partial charge in [-0.05, 0) is 50.6 Å². The first-order valence-electron chi connectivity index (χ1n) is 10.0. The van der Waals surface area contributed by atoms with E-state index in [1.807, 2.05) is 0 Å². The maximum absolute atomic E-state index is 12.7. The number of amides is 2. The van der Waals surface area contributed by atoms with E-state index in [1.165, 1.54) is 6.07 Å². The third-order valence-electron chi connectivity index (χ3n) is 4.45. The molecule has 33 heavy (non-hydrogen) atoms. The molecule has 0 fully saturated rings. The van der Waals surface area contributed by atoms with Gasteiger partial charge in [0.2, 0.25) is 0 Å². The number of rotatable bonds is 9. The molecular weight excluding hydrogens is 448 g/mol. The van der Waals surface area contributed by atoms with Gasteiger partial charge in [0.05, 0.1) is 23.7 Å². The number of thiophene rings is 1. The van der Waals surface area contributed by atoms with Gasteiger partial charge < -0.3 is 29.7 Å². The molecule has 3 aromatic rings. The molecule has 0 unspecified atom stereocenters. The Labute approximate surface area is 194 Å². The minimum atomic E-state index is -0.702. The van der Waals surface area contributed by atoms with E-state index in [0.717, 1.165) is 11.3 Å². The Morgan fingerprint density at radius 1 is 1.15 bits per heavy atom. The summed E-state index contributed by atoms with van der Waals surface area (Å²) in [4.78, 5) is 37.2. The fourth-order valence-electron chi connectivity index (χ4n) is 2.94. The third-order valence-corrected chi connectivity index (χ3v) is 5.67. The van der Waals surface area contributed by atoms with Gasteiger partial charge in [-0.25, -0.2) is 4.79 Å². The number of nitrogens with one attached hydrogen (secondary N) is 1. The number of hydrogen-bond acceptors (Lipinski definition) is 8. The van der Waals surface area contributed by atoms with Crippen molar-refractivity contribution in [1.29, 1.82) is 0 Å². The van der Waals surface area contributed by atoms with E-state index >= 15 is 0 Å². The number of carbonyl (C=O) groups is 3. The van der Waals surface area contributed by atoms with Crippen LogP contribution in [0.3, 0.4) is 0 Å². The molecule has 3 rings (SSSR count). The van der Waals surface area contributed by atoms with Crippen LogP contribution in [0.5, 0.6) is 11.5 Å². The molecule has 0 aliphatic carbocycles. The number of methoxy groups -OCH3 is 1. The zero-order valence-electron chi connectivity index (χ0n) is 18.6. The second-order valence-corrected chi connectivity index (χ2v) is 8.29. The van der Waals surface area contributed by atoms with Crippen LogP contribution < -0.4 is 20.5 Å². The lowest BCUT2D eigenvalue weighted by Crippen LogP contribution is -2.17. The quantitative estimate of drug-likeness (QED) is 0.447. The van der Waals surface area contributed by atoms with E-state index in [9.17, 15) is 14.4 Å². The highest BCUT2D eigenvalue weighted by Crippen LogP contribution is 2.34. The number of furan rings is 1. The van der Waals surface area contributed by atoms with Gasteiger partial charge in [0, 0.05) is 6.07 Å². The molecule has 10 heteroatoms.